The van der Waals surface area contributed by atoms with Gasteiger partial charge in [0.25, 0.3) is 0 Å². The summed E-state index contributed by atoms with van der Waals surface area (Å²) in [5.74, 6) is 0. The molecule has 0 radical (unpaired) electrons. The molecule has 0 spiro atoms. The molecule has 60 valence electrons. The van der Waals surface area contributed by atoms with Crippen LogP contribution < -0.4 is 10.6 Å². The molecule has 2 N–H and O–H groups in total. The summed E-state index contributed by atoms with van der Waals surface area (Å²) in [7, 11) is 1.77. The Hall–Kier alpha value is -0.120. The SMILES string of the molecule is CCN[C@@H]1CNC[C@H]1OC. The van der Waals surface area contributed by atoms with Gasteiger partial charge in [-0.25, -0.2) is 0 Å². The fourth-order valence-electron chi connectivity index (χ4n) is 1.37. The molecular formula is C7H16N2O. The van der Waals surface area contributed by atoms with Crippen LogP contribution in [0.15, 0.2) is 0 Å². The Kier molecular flexibility index (Phi) is 3.12. The maximum Gasteiger partial charge on any atom is 0.0860 e. The van der Waals surface area contributed by atoms with Crippen molar-refractivity contribution in [1.29, 1.82) is 0 Å². The Bertz CT molecular complexity index is 97.6. The normalized spacial score (nSPS) is 33.0. The molecule has 0 unspecified atom stereocenters. The van der Waals surface area contributed by atoms with Gasteiger partial charge in [-0.15, -0.1) is 0 Å². The first-order valence-electron chi connectivity index (χ1n) is 3.85. The smallest absolute Gasteiger partial charge is 0.0860 e. The Labute approximate surface area is 62.1 Å². The highest BCUT2D eigenvalue weighted by molar-refractivity contribution is 4.86. The van der Waals surface area contributed by atoms with Gasteiger partial charge in [-0.2, -0.15) is 0 Å². The van der Waals surface area contributed by atoms with Crippen LogP contribution in [0.3, 0.4) is 0 Å². The van der Waals surface area contributed by atoms with Crippen LogP contribution in [0.2, 0.25) is 0 Å². The van der Waals surface area contributed by atoms with Crippen LogP contribution in [0.1, 0.15) is 6.92 Å². The molecule has 0 amide bonds. The van der Waals surface area contributed by atoms with Crippen molar-refractivity contribution >= 4 is 0 Å². The minimum absolute atomic E-state index is 0.361. The molecule has 0 aromatic heterocycles. The third-order valence-electron chi connectivity index (χ3n) is 1.93. The summed E-state index contributed by atoms with van der Waals surface area (Å²) in [6.07, 6.45) is 0.361. The van der Waals surface area contributed by atoms with Crippen LogP contribution in [0.4, 0.5) is 0 Å². The van der Waals surface area contributed by atoms with Crippen LogP contribution in [0, 0.1) is 0 Å². The number of hydrogen-bond donors (Lipinski definition) is 2. The first-order valence-corrected chi connectivity index (χ1v) is 3.85. The van der Waals surface area contributed by atoms with Gasteiger partial charge in [-0.3, -0.25) is 0 Å². The molecule has 10 heavy (non-hydrogen) atoms. The van der Waals surface area contributed by atoms with Crippen molar-refractivity contribution < 1.29 is 4.74 Å². The zero-order valence-corrected chi connectivity index (χ0v) is 6.68. The van der Waals surface area contributed by atoms with Gasteiger partial charge in [0, 0.05) is 26.2 Å². The van der Waals surface area contributed by atoms with E-state index in [2.05, 4.69) is 17.6 Å². The fourth-order valence-corrected chi connectivity index (χ4v) is 1.37. The molecule has 0 saturated carbocycles. The zero-order valence-electron chi connectivity index (χ0n) is 6.68. The Balaban J connectivity index is 2.27. The summed E-state index contributed by atoms with van der Waals surface area (Å²) in [5, 5.41) is 6.63. The highest BCUT2D eigenvalue weighted by atomic mass is 16.5. The summed E-state index contributed by atoms with van der Waals surface area (Å²) in [5.41, 5.74) is 0. The van der Waals surface area contributed by atoms with E-state index in [0.29, 0.717) is 12.1 Å². The van der Waals surface area contributed by atoms with Crippen molar-refractivity contribution in [1.82, 2.24) is 10.6 Å². The van der Waals surface area contributed by atoms with Crippen LogP contribution in [-0.4, -0.2) is 38.9 Å². The monoisotopic (exact) mass is 144 g/mol. The molecular weight excluding hydrogens is 128 g/mol. The van der Waals surface area contributed by atoms with E-state index in [0.717, 1.165) is 19.6 Å². The van der Waals surface area contributed by atoms with Gasteiger partial charge in [-0.05, 0) is 6.54 Å². The Morgan fingerprint density at radius 2 is 2.40 bits per heavy atom. The minimum atomic E-state index is 0.361. The van der Waals surface area contributed by atoms with Gasteiger partial charge in [0.1, 0.15) is 0 Å². The zero-order chi connectivity index (χ0) is 7.40. The van der Waals surface area contributed by atoms with E-state index in [1.165, 1.54) is 0 Å². The first kappa shape index (κ1) is 7.98. The summed E-state index contributed by atoms with van der Waals surface area (Å²) in [4.78, 5) is 0. The molecule has 0 aliphatic carbocycles. The molecule has 1 aliphatic heterocycles. The van der Waals surface area contributed by atoms with Crippen molar-refractivity contribution in [3.8, 4) is 0 Å². The Morgan fingerprint density at radius 3 is 3.00 bits per heavy atom. The number of hydrogen-bond acceptors (Lipinski definition) is 3. The lowest BCUT2D eigenvalue weighted by Crippen LogP contribution is -2.39. The number of rotatable bonds is 3. The topological polar surface area (TPSA) is 33.3 Å². The largest absolute Gasteiger partial charge is 0.378 e. The van der Waals surface area contributed by atoms with Crippen molar-refractivity contribution in [2.45, 2.75) is 19.1 Å². The third kappa shape index (κ3) is 1.68. The maximum absolute atomic E-state index is 5.25. The van der Waals surface area contributed by atoms with Crippen molar-refractivity contribution in [2.75, 3.05) is 26.7 Å². The molecule has 2 atom stereocenters. The summed E-state index contributed by atoms with van der Waals surface area (Å²) >= 11 is 0. The third-order valence-corrected chi connectivity index (χ3v) is 1.93. The van der Waals surface area contributed by atoms with E-state index in [1.54, 1.807) is 7.11 Å². The van der Waals surface area contributed by atoms with E-state index < -0.39 is 0 Å². The van der Waals surface area contributed by atoms with Crippen LogP contribution >= 0.6 is 0 Å². The molecule has 1 rings (SSSR count). The van der Waals surface area contributed by atoms with Gasteiger partial charge < -0.3 is 15.4 Å². The first-order chi connectivity index (χ1) is 4.88. The number of methoxy groups -OCH3 is 1. The number of nitrogens with one attached hydrogen (secondary N) is 2. The van der Waals surface area contributed by atoms with Crippen LogP contribution in [0.5, 0.6) is 0 Å². The van der Waals surface area contributed by atoms with Crippen molar-refractivity contribution in [3.05, 3.63) is 0 Å². The molecule has 3 heteroatoms. The number of ether oxygens (including phenoxy) is 1. The molecule has 0 bridgehead atoms. The van der Waals surface area contributed by atoms with Crippen molar-refractivity contribution in [3.63, 3.8) is 0 Å². The molecule has 1 aliphatic rings. The van der Waals surface area contributed by atoms with E-state index in [9.17, 15) is 0 Å². The molecule has 1 saturated heterocycles. The van der Waals surface area contributed by atoms with Gasteiger partial charge >= 0.3 is 0 Å². The Morgan fingerprint density at radius 1 is 1.60 bits per heavy atom. The second kappa shape index (κ2) is 3.91. The van der Waals surface area contributed by atoms with E-state index >= 15 is 0 Å². The highest BCUT2D eigenvalue weighted by Gasteiger charge is 2.25. The van der Waals surface area contributed by atoms with E-state index in [1.807, 2.05) is 0 Å². The van der Waals surface area contributed by atoms with Gasteiger partial charge in [-0.1, -0.05) is 6.92 Å². The fraction of sp³-hybridized carbons (Fsp3) is 1.00. The lowest BCUT2D eigenvalue weighted by atomic mass is 10.2. The second-order valence-electron chi connectivity index (χ2n) is 2.60. The van der Waals surface area contributed by atoms with Crippen LogP contribution in [0.25, 0.3) is 0 Å². The highest BCUT2D eigenvalue weighted by Crippen LogP contribution is 2.02. The maximum atomic E-state index is 5.25. The standard InChI is InChI=1S/C7H16N2O/c1-3-9-6-4-8-5-7(6)10-2/h6-9H,3-5H2,1-2H3/t6-,7-/m1/s1. The van der Waals surface area contributed by atoms with E-state index in [-0.39, 0.29) is 0 Å². The van der Waals surface area contributed by atoms with Gasteiger partial charge in [0.15, 0.2) is 0 Å². The van der Waals surface area contributed by atoms with E-state index in [4.69, 9.17) is 4.74 Å². The molecule has 1 heterocycles. The van der Waals surface area contributed by atoms with Crippen molar-refractivity contribution in [2.24, 2.45) is 0 Å². The molecule has 0 aromatic carbocycles. The average molecular weight is 144 g/mol. The van der Waals surface area contributed by atoms with Crippen LogP contribution in [-0.2, 0) is 4.74 Å². The van der Waals surface area contributed by atoms with Gasteiger partial charge in [0.05, 0.1) is 6.10 Å². The molecule has 1 fully saturated rings. The summed E-state index contributed by atoms with van der Waals surface area (Å²) in [6, 6.07) is 0.509. The van der Waals surface area contributed by atoms with Gasteiger partial charge in [0.2, 0.25) is 0 Å². The average Bonchev–Trinajstić information content (AvgIpc) is 2.36. The molecule has 0 aromatic rings. The quantitative estimate of drug-likeness (QED) is 0.564. The predicted molar refractivity (Wildman–Crippen MR) is 41.1 cm³/mol. The second-order valence-corrected chi connectivity index (χ2v) is 2.60. The minimum Gasteiger partial charge on any atom is -0.378 e. The predicted octanol–water partition coefficient (Wildman–Crippen LogP) is -0.417. The molecule has 3 nitrogen and oxygen atoms in total. The lowest BCUT2D eigenvalue weighted by Gasteiger charge is -2.16. The lowest BCUT2D eigenvalue weighted by molar-refractivity contribution is 0.0970. The number of likely N-dealkylation sites (N-methyl/N-ethyl adjacent to an activating group) is 1. The summed E-state index contributed by atoms with van der Waals surface area (Å²) in [6.45, 7) is 5.15. The summed E-state index contributed by atoms with van der Waals surface area (Å²) < 4.78 is 5.25.